The number of aromatic nitrogens is 1. The van der Waals surface area contributed by atoms with E-state index in [1.807, 2.05) is 29.2 Å². The normalized spacial score (nSPS) is 17.0. The minimum Gasteiger partial charge on any atom is -0.330 e. The molecule has 1 amide bonds. The van der Waals surface area contributed by atoms with Crippen LogP contribution in [0.5, 0.6) is 0 Å². The van der Waals surface area contributed by atoms with E-state index in [1.165, 1.54) is 18.2 Å². The van der Waals surface area contributed by atoms with E-state index in [2.05, 4.69) is 0 Å². The highest BCUT2D eigenvalue weighted by atomic mass is 32.1. The first-order chi connectivity index (χ1) is 13.1. The van der Waals surface area contributed by atoms with Crippen molar-refractivity contribution >= 4 is 39.2 Å². The highest BCUT2D eigenvalue weighted by molar-refractivity contribution is 7.18. The van der Waals surface area contributed by atoms with E-state index >= 15 is 0 Å². The summed E-state index contributed by atoms with van der Waals surface area (Å²) in [6.07, 6.45) is 4.75. The quantitative estimate of drug-likeness (QED) is 0.378. The number of nitro groups is 1. The molecule has 2 aromatic carbocycles. The van der Waals surface area contributed by atoms with Crippen LogP contribution in [-0.2, 0) is 4.79 Å². The van der Waals surface area contributed by atoms with Crippen LogP contribution in [-0.4, -0.2) is 27.3 Å². The van der Waals surface area contributed by atoms with E-state index in [-0.39, 0.29) is 17.6 Å². The summed E-state index contributed by atoms with van der Waals surface area (Å²) in [4.78, 5) is 29.9. The molecule has 0 radical (unpaired) electrons. The molecule has 0 saturated carbocycles. The molecule has 0 aliphatic carbocycles. The van der Waals surface area contributed by atoms with E-state index in [0.29, 0.717) is 12.1 Å². The highest BCUT2D eigenvalue weighted by Gasteiger charge is 2.31. The first-order valence-electron chi connectivity index (χ1n) is 8.71. The zero-order chi connectivity index (χ0) is 18.8. The SMILES string of the molecule is O=C(/C=C/c1ccccc1[N+](=O)[O-])N1CCCC1c1nc2ccccc2s1. The zero-order valence-electron chi connectivity index (χ0n) is 14.4. The van der Waals surface area contributed by atoms with Crippen molar-refractivity contribution in [2.24, 2.45) is 0 Å². The lowest BCUT2D eigenvalue weighted by atomic mass is 10.1. The van der Waals surface area contributed by atoms with Crippen LogP contribution >= 0.6 is 11.3 Å². The number of thiazole rings is 1. The van der Waals surface area contributed by atoms with E-state index in [9.17, 15) is 14.9 Å². The minimum atomic E-state index is -0.441. The van der Waals surface area contributed by atoms with Gasteiger partial charge in [-0.25, -0.2) is 4.98 Å². The van der Waals surface area contributed by atoms with E-state index in [0.717, 1.165) is 28.1 Å². The second kappa shape index (κ2) is 7.28. The lowest BCUT2D eigenvalue weighted by Gasteiger charge is -2.21. The van der Waals surface area contributed by atoms with Gasteiger partial charge in [0, 0.05) is 18.7 Å². The molecule has 4 rings (SSSR count). The predicted molar refractivity (Wildman–Crippen MR) is 105 cm³/mol. The van der Waals surface area contributed by atoms with Gasteiger partial charge in [0.1, 0.15) is 5.01 Å². The second-order valence-corrected chi connectivity index (χ2v) is 7.42. The summed E-state index contributed by atoms with van der Waals surface area (Å²) in [6, 6.07) is 14.3. The van der Waals surface area contributed by atoms with Crippen molar-refractivity contribution < 1.29 is 9.72 Å². The summed E-state index contributed by atoms with van der Waals surface area (Å²) in [5, 5.41) is 12.1. The number of rotatable bonds is 4. The van der Waals surface area contributed by atoms with E-state index in [1.54, 1.807) is 29.5 Å². The molecule has 1 aliphatic heterocycles. The van der Waals surface area contributed by atoms with Gasteiger partial charge in [-0.1, -0.05) is 24.3 Å². The maximum Gasteiger partial charge on any atom is 0.276 e. The molecule has 6 nitrogen and oxygen atoms in total. The van der Waals surface area contributed by atoms with Gasteiger partial charge < -0.3 is 4.90 Å². The van der Waals surface area contributed by atoms with Gasteiger partial charge in [-0.3, -0.25) is 14.9 Å². The van der Waals surface area contributed by atoms with E-state index in [4.69, 9.17) is 4.98 Å². The summed E-state index contributed by atoms with van der Waals surface area (Å²) >= 11 is 1.62. The molecule has 2 heterocycles. The van der Waals surface area contributed by atoms with Gasteiger partial charge in [-0.05, 0) is 37.1 Å². The number of carbonyl (C=O) groups is 1. The Labute approximate surface area is 159 Å². The van der Waals surface area contributed by atoms with Crippen LogP contribution in [0.25, 0.3) is 16.3 Å². The lowest BCUT2D eigenvalue weighted by Crippen LogP contribution is -2.28. The number of likely N-dealkylation sites (tertiary alicyclic amines) is 1. The molecule has 3 aromatic rings. The summed E-state index contributed by atoms with van der Waals surface area (Å²) in [5.74, 6) is -0.144. The Morgan fingerprint density at radius 1 is 1.22 bits per heavy atom. The first kappa shape index (κ1) is 17.4. The molecule has 0 bridgehead atoms. The third-order valence-electron chi connectivity index (χ3n) is 4.67. The van der Waals surface area contributed by atoms with Crippen molar-refractivity contribution in [3.05, 3.63) is 75.3 Å². The van der Waals surface area contributed by atoms with Gasteiger partial charge in [0.2, 0.25) is 5.91 Å². The smallest absolute Gasteiger partial charge is 0.276 e. The zero-order valence-corrected chi connectivity index (χ0v) is 15.3. The van der Waals surface area contributed by atoms with Crippen LogP contribution in [0.15, 0.2) is 54.6 Å². The minimum absolute atomic E-state index is 0.00862. The van der Waals surface area contributed by atoms with Crippen LogP contribution in [0.2, 0.25) is 0 Å². The Balaban J connectivity index is 1.57. The van der Waals surface area contributed by atoms with Crippen molar-refractivity contribution in [3.63, 3.8) is 0 Å². The maximum absolute atomic E-state index is 12.7. The van der Waals surface area contributed by atoms with Crippen molar-refractivity contribution in [1.82, 2.24) is 9.88 Å². The third-order valence-corrected chi connectivity index (χ3v) is 5.81. The molecular formula is C20H17N3O3S. The summed E-state index contributed by atoms with van der Waals surface area (Å²) < 4.78 is 1.11. The maximum atomic E-state index is 12.7. The fourth-order valence-electron chi connectivity index (χ4n) is 3.37. The molecule has 1 aromatic heterocycles. The fraction of sp³-hybridized carbons (Fsp3) is 0.200. The molecule has 1 saturated heterocycles. The van der Waals surface area contributed by atoms with Gasteiger partial charge >= 0.3 is 0 Å². The number of hydrogen-bond donors (Lipinski definition) is 0. The first-order valence-corrected chi connectivity index (χ1v) is 9.53. The van der Waals surface area contributed by atoms with Gasteiger partial charge in [0.25, 0.3) is 5.69 Å². The highest BCUT2D eigenvalue weighted by Crippen LogP contribution is 2.36. The number of hydrogen-bond acceptors (Lipinski definition) is 5. The molecule has 1 aliphatic rings. The second-order valence-electron chi connectivity index (χ2n) is 6.36. The molecule has 0 spiro atoms. The standard InChI is InChI=1S/C20H17N3O3S/c24-19(12-11-14-6-1-3-8-16(14)23(25)26)22-13-5-9-17(22)20-21-15-7-2-4-10-18(15)27-20/h1-4,6-8,10-12,17H,5,9,13H2/b12-11+. The van der Waals surface area contributed by atoms with Gasteiger partial charge in [-0.15, -0.1) is 11.3 Å². The molecule has 1 atom stereocenters. The van der Waals surface area contributed by atoms with Crippen molar-refractivity contribution in [2.45, 2.75) is 18.9 Å². The van der Waals surface area contributed by atoms with Crippen LogP contribution in [0.1, 0.15) is 29.5 Å². The Hall–Kier alpha value is -3.06. The molecule has 7 heteroatoms. The van der Waals surface area contributed by atoms with Gasteiger partial charge in [0.05, 0.1) is 26.7 Å². The Kier molecular flexibility index (Phi) is 4.68. The van der Waals surface area contributed by atoms with Crippen LogP contribution in [0.4, 0.5) is 5.69 Å². The number of carbonyl (C=O) groups excluding carboxylic acids is 1. The van der Waals surface area contributed by atoms with Crippen molar-refractivity contribution in [2.75, 3.05) is 6.54 Å². The van der Waals surface area contributed by atoms with Crippen molar-refractivity contribution in [3.8, 4) is 0 Å². The van der Waals surface area contributed by atoms with Crippen molar-refractivity contribution in [1.29, 1.82) is 0 Å². The Morgan fingerprint density at radius 2 is 2.00 bits per heavy atom. The number of fused-ring (bicyclic) bond motifs is 1. The number of amides is 1. The van der Waals surface area contributed by atoms with Gasteiger partial charge in [-0.2, -0.15) is 0 Å². The van der Waals surface area contributed by atoms with E-state index < -0.39 is 4.92 Å². The van der Waals surface area contributed by atoms with Crippen LogP contribution < -0.4 is 0 Å². The average molecular weight is 379 g/mol. The van der Waals surface area contributed by atoms with Crippen LogP contribution in [0, 0.1) is 10.1 Å². The number of nitro benzene ring substituents is 1. The topological polar surface area (TPSA) is 76.3 Å². The molecular weight excluding hydrogens is 362 g/mol. The number of benzene rings is 2. The molecule has 0 N–H and O–H groups in total. The Morgan fingerprint density at radius 3 is 2.81 bits per heavy atom. The molecule has 1 unspecified atom stereocenters. The summed E-state index contributed by atoms with van der Waals surface area (Å²) in [6.45, 7) is 0.667. The van der Waals surface area contributed by atoms with Crippen LogP contribution in [0.3, 0.4) is 0 Å². The molecule has 136 valence electrons. The summed E-state index contributed by atoms with van der Waals surface area (Å²) in [5.41, 5.74) is 1.37. The number of para-hydroxylation sites is 2. The largest absolute Gasteiger partial charge is 0.330 e. The Bertz CT molecular complexity index is 1010. The lowest BCUT2D eigenvalue weighted by molar-refractivity contribution is -0.385. The average Bonchev–Trinajstić information content (AvgIpc) is 3.32. The van der Waals surface area contributed by atoms with Gasteiger partial charge in [0.15, 0.2) is 0 Å². The number of nitrogens with zero attached hydrogens (tertiary/aromatic N) is 3. The fourth-order valence-corrected chi connectivity index (χ4v) is 4.49. The monoisotopic (exact) mass is 379 g/mol. The predicted octanol–water partition coefficient (Wildman–Crippen LogP) is 4.58. The summed E-state index contributed by atoms with van der Waals surface area (Å²) in [7, 11) is 0. The molecule has 1 fully saturated rings. The molecule has 27 heavy (non-hydrogen) atoms. The third kappa shape index (κ3) is 3.46.